The van der Waals surface area contributed by atoms with Crippen molar-refractivity contribution in [1.82, 2.24) is 0 Å². The van der Waals surface area contributed by atoms with Gasteiger partial charge in [0, 0.05) is 22.7 Å². The van der Waals surface area contributed by atoms with Gasteiger partial charge >= 0.3 is 29.6 Å². The van der Waals surface area contributed by atoms with Crippen LogP contribution >= 0.6 is 23.2 Å². The van der Waals surface area contributed by atoms with Gasteiger partial charge in [0.25, 0.3) is 16.0 Å². The second-order valence-corrected chi connectivity index (χ2v) is 10.3. The Morgan fingerprint density at radius 3 is 2.46 bits per heavy atom. The van der Waals surface area contributed by atoms with Crippen LogP contribution in [0.4, 0.5) is 17.1 Å². The van der Waals surface area contributed by atoms with E-state index < -0.39 is 26.7 Å². The number of fused-ring (bicyclic) bond motifs is 1. The number of rotatable bonds is 7. The molecule has 0 aromatic heterocycles. The number of hydrogen-bond acceptors (Lipinski definition) is 7. The van der Waals surface area contributed by atoms with E-state index in [2.05, 4.69) is 15.5 Å². The zero-order valence-corrected chi connectivity index (χ0v) is 25.4. The van der Waals surface area contributed by atoms with Crippen molar-refractivity contribution in [3.05, 3.63) is 81.8 Å². The summed E-state index contributed by atoms with van der Waals surface area (Å²) in [6, 6.07) is 15.3. The van der Waals surface area contributed by atoms with Gasteiger partial charge in [-0.3, -0.25) is 9.35 Å². The van der Waals surface area contributed by atoms with E-state index in [-0.39, 0.29) is 51.5 Å². The Hall–Kier alpha value is -2.70. The van der Waals surface area contributed by atoms with E-state index in [0.717, 1.165) is 6.07 Å². The molecule has 0 saturated carbocycles. The minimum Gasteiger partial charge on any atom is -0.870 e. The molecule has 0 atom stereocenters. The molecule has 0 unspecified atom stereocenters. The third-order valence-electron chi connectivity index (χ3n) is 5.50. The molecular formula is C26H20Cl2N3NaO6S. The van der Waals surface area contributed by atoms with Gasteiger partial charge in [-0.25, -0.2) is 0 Å². The Bertz CT molecular complexity index is 1710. The molecule has 39 heavy (non-hydrogen) atoms. The van der Waals surface area contributed by atoms with Gasteiger partial charge in [0.1, 0.15) is 10.6 Å². The molecule has 0 heterocycles. The summed E-state index contributed by atoms with van der Waals surface area (Å²) in [5, 5.41) is 25.4. The van der Waals surface area contributed by atoms with E-state index in [1.807, 2.05) is 0 Å². The minimum atomic E-state index is -4.62. The van der Waals surface area contributed by atoms with Crippen LogP contribution in [-0.2, 0) is 10.1 Å². The fourth-order valence-corrected chi connectivity index (χ4v) is 4.92. The second-order valence-electron chi connectivity index (χ2n) is 8.10. The summed E-state index contributed by atoms with van der Waals surface area (Å²) in [5.74, 6) is -0.992. The van der Waals surface area contributed by atoms with Gasteiger partial charge in [-0.15, -0.1) is 0 Å². The number of carbonyl (C=O) groups is 1. The molecule has 0 spiro atoms. The summed E-state index contributed by atoms with van der Waals surface area (Å²) >= 11 is 12.1. The number of benzene rings is 4. The van der Waals surface area contributed by atoms with Crippen LogP contribution in [0.5, 0.6) is 11.5 Å². The number of amides is 1. The van der Waals surface area contributed by atoms with Crippen LogP contribution in [0.25, 0.3) is 10.8 Å². The molecule has 4 aromatic carbocycles. The Balaban J connectivity index is 0.00000420. The number of nitrogens with one attached hydrogen (secondary N) is 1. The molecule has 0 aliphatic rings. The summed E-state index contributed by atoms with van der Waals surface area (Å²) in [6.45, 7) is 3.78. The molecule has 2 N–H and O–H groups in total. The fourth-order valence-electron chi connectivity index (χ4n) is 3.67. The molecule has 0 aliphatic heterocycles. The number of aryl methyl sites for hydroxylation is 1. The van der Waals surface area contributed by atoms with Crippen LogP contribution in [-0.4, -0.2) is 25.5 Å². The summed E-state index contributed by atoms with van der Waals surface area (Å²) in [4.78, 5) is 12.6. The molecule has 9 nitrogen and oxygen atoms in total. The summed E-state index contributed by atoms with van der Waals surface area (Å²) in [7, 11) is -4.62. The monoisotopic (exact) mass is 595 g/mol. The molecule has 0 aliphatic carbocycles. The Morgan fingerprint density at radius 2 is 1.77 bits per heavy atom. The average Bonchev–Trinajstić information content (AvgIpc) is 2.85. The van der Waals surface area contributed by atoms with E-state index in [4.69, 9.17) is 27.9 Å². The summed E-state index contributed by atoms with van der Waals surface area (Å²) in [6.07, 6.45) is 0. The van der Waals surface area contributed by atoms with Gasteiger partial charge < -0.3 is 15.2 Å². The third kappa shape index (κ3) is 6.90. The predicted molar refractivity (Wildman–Crippen MR) is 144 cm³/mol. The maximum Gasteiger partial charge on any atom is 1.00 e. The van der Waals surface area contributed by atoms with Crippen LogP contribution in [0.15, 0.2) is 75.8 Å². The molecule has 0 bridgehead atoms. The first-order valence-electron chi connectivity index (χ1n) is 11.2. The van der Waals surface area contributed by atoms with Gasteiger partial charge in [-0.05, 0) is 55.1 Å². The zero-order valence-electron chi connectivity index (χ0n) is 21.0. The van der Waals surface area contributed by atoms with Crippen molar-refractivity contribution >= 4 is 67.1 Å². The van der Waals surface area contributed by atoms with E-state index >= 15 is 0 Å². The molecule has 1 amide bonds. The van der Waals surface area contributed by atoms with Crippen LogP contribution in [0.2, 0.25) is 10.0 Å². The number of hydrogen-bond donors (Lipinski definition) is 2. The van der Waals surface area contributed by atoms with Crippen molar-refractivity contribution in [1.29, 1.82) is 0 Å². The first kappa shape index (κ1) is 30.8. The van der Waals surface area contributed by atoms with E-state index in [1.165, 1.54) is 12.1 Å². The Morgan fingerprint density at radius 1 is 1.05 bits per heavy atom. The van der Waals surface area contributed by atoms with Crippen molar-refractivity contribution in [3.63, 3.8) is 0 Å². The molecule has 0 saturated heterocycles. The van der Waals surface area contributed by atoms with Gasteiger partial charge in [0.15, 0.2) is 0 Å². The van der Waals surface area contributed by atoms with E-state index in [9.17, 15) is 22.9 Å². The van der Waals surface area contributed by atoms with Crippen molar-refractivity contribution in [2.75, 3.05) is 11.9 Å². The quantitative estimate of drug-likeness (QED) is 0.189. The summed E-state index contributed by atoms with van der Waals surface area (Å²) < 4.78 is 38.2. The number of carbonyl (C=O) groups excluding carboxylic acids is 1. The number of nitrogens with zero attached hydrogens (tertiary/aromatic N) is 2. The number of halogens is 2. The van der Waals surface area contributed by atoms with Crippen molar-refractivity contribution in [2.24, 2.45) is 10.2 Å². The van der Waals surface area contributed by atoms with E-state index in [0.29, 0.717) is 39.4 Å². The number of ether oxygens (including phenoxy) is 1. The van der Waals surface area contributed by atoms with Crippen LogP contribution in [0.3, 0.4) is 0 Å². The normalized spacial score (nSPS) is 11.4. The SMILES string of the molecule is CCOc1cc(NC(=O)c2cc3ccccc3c(N=Nc3cc(S(=O)(=O)O)c(Cl)cc3C)c2[O-])ccc1Cl.[Na+]. The first-order valence-corrected chi connectivity index (χ1v) is 13.3. The molecular weight excluding hydrogens is 576 g/mol. The fraction of sp³-hybridized carbons (Fsp3) is 0.115. The summed E-state index contributed by atoms with van der Waals surface area (Å²) in [5.41, 5.74) is 0.571. The van der Waals surface area contributed by atoms with Crippen molar-refractivity contribution < 1.29 is 57.2 Å². The van der Waals surface area contributed by atoms with Gasteiger partial charge in [-0.2, -0.15) is 18.6 Å². The predicted octanol–water partition coefficient (Wildman–Crippen LogP) is 3.85. The second kappa shape index (κ2) is 12.6. The van der Waals surface area contributed by atoms with Crippen LogP contribution in [0.1, 0.15) is 22.8 Å². The molecule has 4 aromatic rings. The Labute approximate surface area is 256 Å². The smallest absolute Gasteiger partial charge is 0.870 e. The number of azo groups is 1. The van der Waals surface area contributed by atoms with Crippen molar-refractivity contribution in [2.45, 2.75) is 18.7 Å². The number of anilines is 1. The van der Waals surface area contributed by atoms with Gasteiger partial charge in [0.05, 0.1) is 28.0 Å². The average molecular weight is 596 g/mol. The first-order chi connectivity index (χ1) is 18.0. The minimum absolute atomic E-state index is 0. The standard InChI is InChI=1S/C26H21Cl2N3O6S.Na/c1-3-37-22-12-16(8-9-19(22)27)29-26(33)18-11-15-6-4-5-7-17(15)24(25(18)32)31-30-21-13-23(38(34,35)36)20(28)10-14(21)2;/h4-13,32H,3H2,1-2H3,(H,29,33)(H,34,35,36);/q;+1/p-1. The van der Waals surface area contributed by atoms with Crippen LogP contribution in [0, 0.1) is 6.92 Å². The van der Waals surface area contributed by atoms with Crippen LogP contribution < -0.4 is 44.7 Å². The van der Waals surface area contributed by atoms with Gasteiger partial charge in [0.2, 0.25) is 0 Å². The molecule has 13 heteroatoms. The zero-order chi connectivity index (χ0) is 27.6. The molecule has 0 radical (unpaired) electrons. The Kier molecular flexibility index (Phi) is 10.0. The maximum absolute atomic E-state index is 13.4. The maximum atomic E-state index is 13.4. The molecule has 4 rings (SSSR count). The topological polar surface area (TPSA) is 140 Å². The van der Waals surface area contributed by atoms with E-state index in [1.54, 1.807) is 56.3 Å². The van der Waals surface area contributed by atoms with Gasteiger partial charge in [-0.1, -0.05) is 53.2 Å². The molecule has 196 valence electrons. The third-order valence-corrected chi connectivity index (χ3v) is 7.13. The van der Waals surface area contributed by atoms with Crippen molar-refractivity contribution in [3.8, 4) is 11.5 Å². The molecule has 0 fully saturated rings. The largest absolute Gasteiger partial charge is 1.00 e.